The Morgan fingerprint density at radius 1 is 1.26 bits per heavy atom. The Bertz CT molecular complexity index is 361. The van der Waals surface area contributed by atoms with Crippen LogP contribution < -0.4 is 10.1 Å². The first-order chi connectivity index (χ1) is 9.27. The topological polar surface area (TPSA) is 50.7 Å². The third-order valence-electron chi connectivity index (χ3n) is 2.49. The second kappa shape index (κ2) is 9.72. The lowest BCUT2D eigenvalue weighted by Crippen LogP contribution is -2.16. The summed E-state index contributed by atoms with van der Waals surface area (Å²) in [6.45, 7) is 4.63. The van der Waals surface area contributed by atoms with Gasteiger partial charge in [-0.15, -0.1) is 0 Å². The van der Waals surface area contributed by atoms with Crippen molar-refractivity contribution in [2.75, 3.05) is 33.0 Å². The van der Waals surface area contributed by atoms with Crippen molar-refractivity contribution in [1.29, 1.82) is 0 Å². The van der Waals surface area contributed by atoms with Crippen LogP contribution in [-0.2, 0) is 11.3 Å². The number of halogens is 1. The van der Waals surface area contributed by atoms with Crippen molar-refractivity contribution in [2.45, 2.75) is 19.9 Å². The van der Waals surface area contributed by atoms with Gasteiger partial charge in [0.25, 0.3) is 0 Å². The number of aliphatic hydroxyl groups is 1. The SMILES string of the molecule is CCCNCc1cc(F)ccc1OCCOCCO. The van der Waals surface area contributed by atoms with Gasteiger partial charge in [0.1, 0.15) is 18.2 Å². The second-order valence-electron chi connectivity index (χ2n) is 4.11. The summed E-state index contributed by atoms with van der Waals surface area (Å²) in [7, 11) is 0. The molecule has 0 aromatic heterocycles. The van der Waals surface area contributed by atoms with Crippen LogP contribution in [0.4, 0.5) is 4.39 Å². The third kappa shape index (κ3) is 6.52. The number of aliphatic hydroxyl groups excluding tert-OH is 1. The van der Waals surface area contributed by atoms with Crippen molar-refractivity contribution < 1.29 is 19.0 Å². The molecule has 0 fully saturated rings. The molecule has 108 valence electrons. The normalized spacial score (nSPS) is 10.7. The monoisotopic (exact) mass is 271 g/mol. The fraction of sp³-hybridized carbons (Fsp3) is 0.571. The van der Waals surface area contributed by atoms with Gasteiger partial charge in [0.2, 0.25) is 0 Å². The van der Waals surface area contributed by atoms with E-state index < -0.39 is 0 Å². The molecule has 4 nitrogen and oxygen atoms in total. The second-order valence-corrected chi connectivity index (χ2v) is 4.11. The highest BCUT2D eigenvalue weighted by Crippen LogP contribution is 2.19. The van der Waals surface area contributed by atoms with Crippen LogP contribution in [0.5, 0.6) is 5.75 Å². The minimum Gasteiger partial charge on any atom is -0.491 e. The number of hydrogen-bond donors (Lipinski definition) is 2. The van der Waals surface area contributed by atoms with Gasteiger partial charge in [-0.25, -0.2) is 4.39 Å². The van der Waals surface area contributed by atoms with Crippen LogP contribution in [-0.4, -0.2) is 38.1 Å². The van der Waals surface area contributed by atoms with Gasteiger partial charge in [-0.2, -0.15) is 0 Å². The zero-order valence-electron chi connectivity index (χ0n) is 11.3. The van der Waals surface area contributed by atoms with Gasteiger partial charge in [0, 0.05) is 12.1 Å². The lowest BCUT2D eigenvalue weighted by atomic mass is 10.2. The number of ether oxygens (including phenoxy) is 2. The molecule has 0 amide bonds. The zero-order valence-corrected chi connectivity index (χ0v) is 11.3. The van der Waals surface area contributed by atoms with Crippen molar-refractivity contribution in [1.82, 2.24) is 5.32 Å². The average Bonchev–Trinajstić information content (AvgIpc) is 2.41. The number of hydrogen-bond acceptors (Lipinski definition) is 4. The lowest BCUT2D eigenvalue weighted by Gasteiger charge is -2.12. The molecule has 1 aromatic carbocycles. The van der Waals surface area contributed by atoms with Crippen molar-refractivity contribution in [3.8, 4) is 5.75 Å². The summed E-state index contributed by atoms with van der Waals surface area (Å²) < 4.78 is 23.9. The van der Waals surface area contributed by atoms with E-state index in [1.165, 1.54) is 12.1 Å². The third-order valence-corrected chi connectivity index (χ3v) is 2.49. The highest BCUT2D eigenvalue weighted by Gasteiger charge is 2.05. The summed E-state index contributed by atoms with van der Waals surface area (Å²) in [5, 5.41) is 11.8. The molecule has 0 spiro atoms. The van der Waals surface area contributed by atoms with Gasteiger partial charge < -0.3 is 19.9 Å². The van der Waals surface area contributed by atoms with Crippen LogP contribution in [0.2, 0.25) is 0 Å². The minimum absolute atomic E-state index is 0.00271. The summed E-state index contributed by atoms with van der Waals surface area (Å²) in [6.07, 6.45) is 1.03. The highest BCUT2D eigenvalue weighted by molar-refractivity contribution is 5.33. The fourth-order valence-electron chi connectivity index (χ4n) is 1.60. The maximum absolute atomic E-state index is 13.2. The lowest BCUT2D eigenvalue weighted by molar-refractivity contribution is 0.0702. The number of nitrogens with one attached hydrogen (secondary N) is 1. The molecule has 0 atom stereocenters. The first-order valence-corrected chi connectivity index (χ1v) is 6.58. The molecule has 1 aromatic rings. The van der Waals surface area contributed by atoms with Crippen molar-refractivity contribution in [3.05, 3.63) is 29.6 Å². The average molecular weight is 271 g/mol. The number of benzene rings is 1. The molecule has 19 heavy (non-hydrogen) atoms. The highest BCUT2D eigenvalue weighted by atomic mass is 19.1. The predicted molar refractivity (Wildman–Crippen MR) is 71.8 cm³/mol. The summed E-state index contributed by atoms with van der Waals surface area (Å²) >= 11 is 0. The van der Waals surface area contributed by atoms with Crippen molar-refractivity contribution in [2.24, 2.45) is 0 Å². The molecule has 0 saturated heterocycles. The van der Waals surface area contributed by atoms with Gasteiger partial charge in [0.05, 0.1) is 19.8 Å². The van der Waals surface area contributed by atoms with E-state index in [-0.39, 0.29) is 12.4 Å². The summed E-state index contributed by atoms with van der Waals surface area (Å²) in [5.41, 5.74) is 0.801. The molecule has 0 saturated carbocycles. The molecule has 0 unspecified atom stereocenters. The van der Waals surface area contributed by atoms with E-state index in [4.69, 9.17) is 14.6 Å². The Hall–Kier alpha value is -1.17. The van der Waals surface area contributed by atoms with Crippen molar-refractivity contribution >= 4 is 0 Å². The molecule has 0 aliphatic rings. The van der Waals surface area contributed by atoms with Crippen molar-refractivity contribution in [3.63, 3.8) is 0 Å². The molecule has 1 rings (SSSR count). The molecular formula is C14H22FNO3. The minimum atomic E-state index is -0.267. The van der Waals surface area contributed by atoms with Crippen LogP contribution in [0.25, 0.3) is 0 Å². The Balaban J connectivity index is 2.45. The van der Waals surface area contributed by atoms with E-state index in [1.54, 1.807) is 6.07 Å². The Morgan fingerprint density at radius 2 is 2.11 bits per heavy atom. The molecule has 5 heteroatoms. The molecule has 2 N–H and O–H groups in total. The van der Waals surface area contributed by atoms with Gasteiger partial charge >= 0.3 is 0 Å². The van der Waals surface area contributed by atoms with Gasteiger partial charge in [-0.3, -0.25) is 0 Å². The van der Waals surface area contributed by atoms with E-state index >= 15 is 0 Å². The predicted octanol–water partition coefficient (Wildman–Crippen LogP) is 1.71. The Kier molecular flexibility index (Phi) is 8.13. The van der Waals surface area contributed by atoms with Gasteiger partial charge in [-0.1, -0.05) is 6.92 Å². The van der Waals surface area contributed by atoms with Crippen LogP contribution in [0, 0.1) is 5.82 Å². The summed E-state index contributed by atoms with van der Waals surface area (Å²) in [5.74, 6) is 0.398. The Morgan fingerprint density at radius 3 is 2.84 bits per heavy atom. The van der Waals surface area contributed by atoms with E-state index in [0.717, 1.165) is 18.5 Å². The first kappa shape index (κ1) is 15.9. The molecule has 0 aliphatic heterocycles. The standard InChI is InChI=1S/C14H22FNO3/c1-2-5-16-11-12-10-13(15)3-4-14(12)19-9-8-18-7-6-17/h3-4,10,16-17H,2,5-9,11H2,1H3. The van der Waals surface area contributed by atoms with Crippen LogP contribution in [0.3, 0.4) is 0 Å². The maximum Gasteiger partial charge on any atom is 0.124 e. The van der Waals surface area contributed by atoms with Gasteiger partial charge in [-0.05, 0) is 31.2 Å². The first-order valence-electron chi connectivity index (χ1n) is 6.58. The smallest absolute Gasteiger partial charge is 0.124 e. The van der Waals surface area contributed by atoms with Crippen LogP contribution in [0.1, 0.15) is 18.9 Å². The quantitative estimate of drug-likeness (QED) is 0.636. The van der Waals surface area contributed by atoms with Crippen LogP contribution in [0.15, 0.2) is 18.2 Å². The van der Waals surface area contributed by atoms with E-state index in [9.17, 15) is 4.39 Å². The maximum atomic E-state index is 13.2. The Labute approximate surface area is 113 Å². The summed E-state index contributed by atoms with van der Waals surface area (Å²) in [4.78, 5) is 0. The summed E-state index contributed by atoms with van der Waals surface area (Å²) in [6, 6.07) is 4.49. The fourth-order valence-corrected chi connectivity index (χ4v) is 1.60. The van der Waals surface area contributed by atoms with E-state index in [0.29, 0.717) is 32.1 Å². The molecule has 0 radical (unpaired) electrons. The van der Waals surface area contributed by atoms with E-state index in [1.807, 2.05) is 0 Å². The van der Waals surface area contributed by atoms with E-state index in [2.05, 4.69) is 12.2 Å². The largest absolute Gasteiger partial charge is 0.491 e. The van der Waals surface area contributed by atoms with Crippen LogP contribution >= 0.6 is 0 Å². The molecule has 0 heterocycles. The number of rotatable bonds is 10. The van der Waals surface area contributed by atoms with Gasteiger partial charge in [0.15, 0.2) is 0 Å². The molecule has 0 bridgehead atoms. The molecular weight excluding hydrogens is 249 g/mol. The zero-order chi connectivity index (χ0) is 13.9. The molecule has 0 aliphatic carbocycles.